The Morgan fingerprint density at radius 3 is 2.75 bits per heavy atom. The Morgan fingerprint density at radius 2 is 2.25 bits per heavy atom. The van der Waals surface area contributed by atoms with E-state index < -0.39 is 5.54 Å². The van der Waals surface area contributed by atoms with Crippen LogP contribution in [0.1, 0.15) is 24.8 Å². The first-order valence-corrected chi connectivity index (χ1v) is 5.53. The van der Waals surface area contributed by atoms with Gasteiger partial charge in [-0.3, -0.25) is 0 Å². The van der Waals surface area contributed by atoms with Crippen molar-refractivity contribution in [1.29, 1.82) is 0 Å². The van der Waals surface area contributed by atoms with Crippen molar-refractivity contribution in [2.75, 3.05) is 7.11 Å². The molecule has 0 unspecified atom stereocenters. The monoisotopic (exact) mass is 237 g/mol. The fourth-order valence-electron chi connectivity index (χ4n) is 2.09. The van der Waals surface area contributed by atoms with Crippen molar-refractivity contribution in [1.82, 2.24) is 0 Å². The van der Waals surface area contributed by atoms with Gasteiger partial charge < -0.3 is 4.74 Å². The van der Waals surface area contributed by atoms with Gasteiger partial charge in [-0.2, -0.15) is 4.99 Å². The summed E-state index contributed by atoms with van der Waals surface area (Å²) in [7, 11) is 1.59. The van der Waals surface area contributed by atoms with Gasteiger partial charge in [-0.05, 0) is 31.4 Å². The molecule has 0 N–H and O–H groups in total. The molecule has 1 aliphatic carbocycles. The van der Waals surface area contributed by atoms with E-state index in [1.807, 2.05) is 6.07 Å². The minimum absolute atomic E-state index is 0.433. The molecule has 16 heavy (non-hydrogen) atoms. The van der Waals surface area contributed by atoms with Crippen LogP contribution in [-0.2, 0) is 10.3 Å². The predicted octanol–water partition coefficient (Wildman–Crippen LogP) is 3.06. The van der Waals surface area contributed by atoms with Crippen molar-refractivity contribution in [3.63, 3.8) is 0 Å². The predicted molar refractivity (Wildman–Crippen MR) is 61.7 cm³/mol. The van der Waals surface area contributed by atoms with E-state index in [1.54, 1.807) is 25.3 Å². The molecule has 1 aromatic carbocycles. The van der Waals surface area contributed by atoms with Gasteiger partial charge >= 0.3 is 0 Å². The summed E-state index contributed by atoms with van der Waals surface area (Å²) >= 11 is 5.90. The third-order valence-corrected chi connectivity index (χ3v) is 3.34. The second-order valence-corrected chi connectivity index (χ2v) is 4.37. The van der Waals surface area contributed by atoms with Gasteiger partial charge in [0.15, 0.2) is 0 Å². The summed E-state index contributed by atoms with van der Waals surface area (Å²) in [6.45, 7) is 0. The molecule has 1 saturated carbocycles. The number of halogens is 1. The molecule has 84 valence electrons. The minimum Gasteiger partial charge on any atom is -0.496 e. The highest BCUT2D eigenvalue weighted by Crippen LogP contribution is 2.48. The number of rotatable bonds is 3. The SMILES string of the molecule is COc1cc(Cl)ccc1C1(N=C=O)CCC1. The maximum atomic E-state index is 10.5. The average molecular weight is 238 g/mol. The van der Waals surface area contributed by atoms with Gasteiger partial charge in [-0.15, -0.1) is 0 Å². The topological polar surface area (TPSA) is 38.7 Å². The van der Waals surface area contributed by atoms with Crippen molar-refractivity contribution >= 4 is 17.7 Å². The van der Waals surface area contributed by atoms with E-state index in [9.17, 15) is 4.79 Å². The molecule has 1 aliphatic rings. The number of isocyanates is 1. The van der Waals surface area contributed by atoms with E-state index in [0.29, 0.717) is 10.8 Å². The van der Waals surface area contributed by atoms with Crippen LogP contribution in [0, 0.1) is 0 Å². The number of hydrogen-bond donors (Lipinski definition) is 0. The van der Waals surface area contributed by atoms with Crippen molar-refractivity contribution < 1.29 is 9.53 Å². The maximum absolute atomic E-state index is 10.5. The molecule has 1 aromatic rings. The maximum Gasteiger partial charge on any atom is 0.235 e. The molecule has 0 aromatic heterocycles. The average Bonchev–Trinajstić information content (AvgIpc) is 2.24. The van der Waals surface area contributed by atoms with Gasteiger partial charge in [0, 0.05) is 10.6 Å². The van der Waals surface area contributed by atoms with Crippen molar-refractivity contribution in [3.05, 3.63) is 28.8 Å². The molecular formula is C12H12ClNO2. The fraction of sp³-hybridized carbons (Fsp3) is 0.417. The molecule has 0 heterocycles. The first-order valence-electron chi connectivity index (χ1n) is 5.15. The zero-order chi connectivity index (χ0) is 11.6. The van der Waals surface area contributed by atoms with E-state index in [1.165, 1.54) is 0 Å². The molecule has 0 aliphatic heterocycles. The lowest BCUT2D eigenvalue weighted by Crippen LogP contribution is -2.32. The molecule has 4 heteroatoms. The smallest absolute Gasteiger partial charge is 0.235 e. The number of ether oxygens (including phenoxy) is 1. The third kappa shape index (κ3) is 1.73. The van der Waals surface area contributed by atoms with E-state index >= 15 is 0 Å². The van der Waals surface area contributed by atoms with Crippen LogP contribution in [0.25, 0.3) is 0 Å². The zero-order valence-corrected chi connectivity index (χ0v) is 9.75. The lowest BCUT2D eigenvalue weighted by atomic mass is 9.72. The summed E-state index contributed by atoms with van der Waals surface area (Å²) < 4.78 is 5.28. The Hall–Kier alpha value is -1.31. The second-order valence-electron chi connectivity index (χ2n) is 3.93. The largest absolute Gasteiger partial charge is 0.496 e. The third-order valence-electron chi connectivity index (χ3n) is 3.11. The molecule has 0 saturated heterocycles. The zero-order valence-electron chi connectivity index (χ0n) is 9.00. The number of methoxy groups -OCH3 is 1. The standard InChI is InChI=1S/C12H12ClNO2/c1-16-11-7-9(13)3-4-10(11)12(14-8-15)5-2-6-12/h3-4,7H,2,5-6H2,1H3. The van der Waals surface area contributed by atoms with Gasteiger partial charge in [0.2, 0.25) is 6.08 Å². The van der Waals surface area contributed by atoms with Gasteiger partial charge in [0.05, 0.1) is 7.11 Å². The van der Waals surface area contributed by atoms with E-state index in [2.05, 4.69) is 4.99 Å². The summed E-state index contributed by atoms with van der Waals surface area (Å²) in [6, 6.07) is 5.41. The Morgan fingerprint density at radius 1 is 1.50 bits per heavy atom. The van der Waals surface area contributed by atoms with Crippen LogP contribution in [0.5, 0.6) is 5.75 Å². The number of nitrogens with zero attached hydrogens (tertiary/aromatic N) is 1. The quantitative estimate of drug-likeness (QED) is 0.599. The van der Waals surface area contributed by atoms with Crippen LogP contribution in [-0.4, -0.2) is 13.2 Å². The summed E-state index contributed by atoms with van der Waals surface area (Å²) in [6.07, 6.45) is 4.45. The summed E-state index contributed by atoms with van der Waals surface area (Å²) in [5.41, 5.74) is 0.492. The van der Waals surface area contributed by atoms with Crippen molar-refractivity contribution in [2.45, 2.75) is 24.8 Å². The molecule has 0 bridgehead atoms. The van der Waals surface area contributed by atoms with Crippen LogP contribution in [0.3, 0.4) is 0 Å². The highest BCUT2D eigenvalue weighted by atomic mass is 35.5. The number of hydrogen-bond acceptors (Lipinski definition) is 3. The van der Waals surface area contributed by atoms with Crippen LogP contribution >= 0.6 is 11.6 Å². The number of carbonyl (C=O) groups excluding carboxylic acids is 1. The van der Waals surface area contributed by atoms with Crippen LogP contribution < -0.4 is 4.74 Å². The number of benzene rings is 1. The molecule has 0 radical (unpaired) electrons. The number of aliphatic imine (C=N–C) groups is 1. The van der Waals surface area contributed by atoms with E-state index in [0.717, 1.165) is 24.8 Å². The van der Waals surface area contributed by atoms with Gasteiger partial charge in [-0.1, -0.05) is 17.7 Å². The first-order chi connectivity index (χ1) is 7.72. The van der Waals surface area contributed by atoms with Crippen molar-refractivity contribution in [2.24, 2.45) is 4.99 Å². The molecular weight excluding hydrogens is 226 g/mol. The molecule has 1 fully saturated rings. The lowest BCUT2D eigenvalue weighted by Gasteiger charge is -2.37. The Labute approximate surface area is 99.1 Å². The lowest BCUT2D eigenvalue weighted by molar-refractivity contribution is 0.246. The molecule has 0 spiro atoms. The fourth-order valence-corrected chi connectivity index (χ4v) is 2.25. The highest BCUT2D eigenvalue weighted by molar-refractivity contribution is 6.30. The molecule has 2 rings (SSSR count). The Balaban J connectivity index is 2.49. The minimum atomic E-state index is -0.433. The summed E-state index contributed by atoms with van der Waals surface area (Å²) in [4.78, 5) is 14.4. The van der Waals surface area contributed by atoms with Crippen molar-refractivity contribution in [3.8, 4) is 5.75 Å². The Kier molecular flexibility index (Phi) is 2.99. The normalized spacial score (nSPS) is 17.1. The van der Waals surface area contributed by atoms with Gasteiger partial charge in [0.25, 0.3) is 0 Å². The molecule has 3 nitrogen and oxygen atoms in total. The van der Waals surface area contributed by atoms with Crippen LogP contribution in [0.4, 0.5) is 0 Å². The van der Waals surface area contributed by atoms with Crippen LogP contribution in [0.2, 0.25) is 5.02 Å². The summed E-state index contributed by atoms with van der Waals surface area (Å²) in [5.74, 6) is 0.686. The highest BCUT2D eigenvalue weighted by Gasteiger charge is 2.41. The first kappa shape index (κ1) is 11.2. The summed E-state index contributed by atoms with van der Waals surface area (Å²) in [5, 5.41) is 0.616. The molecule has 0 atom stereocenters. The Bertz CT molecular complexity index is 448. The second kappa shape index (κ2) is 4.28. The van der Waals surface area contributed by atoms with Gasteiger partial charge in [0.1, 0.15) is 11.3 Å². The van der Waals surface area contributed by atoms with E-state index in [4.69, 9.17) is 16.3 Å². The van der Waals surface area contributed by atoms with Gasteiger partial charge in [-0.25, -0.2) is 4.79 Å². The van der Waals surface area contributed by atoms with Crippen LogP contribution in [0.15, 0.2) is 23.2 Å². The molecule has 0 amide bonds. The van der Waals surface area contributed by atoms with E-state index in [-0.39, 0.29) is 0 Å².